The van der Waals surface area contributed by atoms with E-state index in [9.17, 15) is 9.59 Å². The van der Waals surface area contributed by atoms with Crippen molar-refractivity contribution in [1.29, 1.82) is 0 Å². The van der Waals surface area contributed by atoms with Gasteiger partial charge in [-0.05, 0) is 48.6 Å². The summed E-state index contributed by atoms with van der Waals surface area (Å²) in [6, 6.07) is 15.9. The van der Waals surface area contributed by atoms with Crippen LogP contribution >= 0.6 is 11.8 Å². The molecule has 2 aromatic carbocycles. The third kappa shape index (κ3) is 4.77. The number of aryl methyl sites for hydroxylation is 1. The first-order chi connectivity index (χ1) is 14.6. The van der Waals surface area contributed by atoms with E-state index in [1.165, 1.54) is 17.3 Å². The number of hydrogen-bond acceptors (Lipinski definition) is 4. The Balaban J connectivity index is 1.53. The fraction of sp³-hybridized carbons (Fsp3) is 0.333. The van der Waals surface area contributed by atoms with Crippen molar-refractivity contribution in [2.45, 2.75) is 37.2 Å². The third-order valence-electron chi connectivity index (χ3n) is 5.37. The van der Waals surface area contributed by atoms with Crippen molar-refractivity contribution in [3.05, 3.63) is 64.6 Å². The Hall–Kier alpha value is -2.57. The van der Waals surface area contributed by atoms with Gasteiger partial charge in [0.25, 0.3) is 5.91 Å². The van der Waals surface area contributed by atoms with Crippen LogP contribution in [0.1, 0.15) is 30.9 Å². The number of hydrogen-bond donors (Lipinski definition) is 1. The number of carbonyl (C=O) groups excluding carboxylic acids is 2. The molecule has 0 bridgehead atoms. The summed E-state index contributed by atoms with van der Waals surface area (Å²) in [5.41, 5.74) is 3.01. The number of amides is 2. The second-order valence-corrected chi connectivity index (χ2v) is 8.59. The van der Waals surface area contributed by atoms with E-state index in [-0.39, 0.29) is 24.5 Å². The fourth-order valence-electron chi connectivity index (χ4n) is 3.65. The molecular formula is C24H26N2O3S. The number of nitrogens with zero attached hydrogens (tertiary/aromatic N) is 1. The SMILES string of the molecule is CCc1ccc(C=C2Sc3ccccc3N(CC(=O)NCC3CCCO3)C2=O)cc1. The number of para-hydroxylation sites is 1. The van der Waals surface area contributed by atoms with Crippen molar-refractivity contribution in [3.63, 3.8) is 0 Å². The van der Waals surface area contributed by atoms with Crippen molar-refractivity contribution >= 4 is 35.3 Å². The minimum Gasteiger partial charge on any atom is -0.376 e. The monoisotopic (exact) mass is 422 g/mol. The maximum Gasteiger partial charge on any atom is 0.265 e. The van der Waals surface area contributed by atoms with Gasteiger partial charge in [0.05, 0.1) is 16.7 Å². The minimum atomic E-state index is -0.174. The molecule has 2 aromatic rings. The number of ether oxygens (including phenoxy) is 1. The number of carbonyl (C=O) groups is 2. The van der Waals surface area contributed by atoms with E-state index < -0.39 is 0 Å². The van der Waals surface area contributed by atoms with Gasteiger partial charge in [0, 0.05) is 18.0 Å². The van der Waals surface area contributed by atoms with E-state index in [4.69, 9.17) is 4.74 Å². The predicted molar refractivity (Wildman–Crippen MR) is 120 cm³/mol. The van der Waals surface area contributed by atoms with Gasteiger partial charge < -0.3 is 10.1 Å². The van der Waals surface area contributed by atoms with E-state index in [1.807, 2.05) is 42.5 Å². The Labute approximate surface area is 181 Å². The molecule has 4 rings (SSSR count). The molecule has 1 atom stereocenters. The molecule has 1 unspecified atom stereocenters. The van der Waals surface area contributed by atoms with Gasteiger partial charge in [-0.1, -0.05) is 55.1 Å². The number of anilines is 1. The van der Waals surface area contributed by atoms with Crippen LogP contribution in [0.4, 0.5) is 5.69 Å². The zero-order valence-corrected chi connectivity index (χ0v) is 17.9. The summed E-state index contributed by atoms with van der Waals surface area (Å²) < 4.78 is 5.56. The highest BCUT2D eigenvalue weighted by atomic mass is 32.2. The molecule has 0 saturated carbocycles. The van der Waals surface area contributed by atoms with E-state index >= 15 is 0 Å². The summed E-state index contributed by atoms with van der Waals surface area (Å²) in [6.45, 7) is 3.36. The third-order valence-corrected chi connectivity index (χ3v) is 6.45. The highest BCUT2D eigenvalue weighted by Crippen LogP contribution is 2.41. The standard InChI is InChI=1S/C24H26N2O3S/c1-2-17-9-11-18(12-10-17)14-22-24(28)26(20-7-3-4-8-21(20)30-22)16-23(27)25-15-19-6-5-13-29-19/h3-4,7-12,14,19H,2,5-6,13,15-16H2,1H3,(H,25,27). The highest BCUT2D eigenvalue weighted by molar-refractivity contribution is 8.04. The van der Waals surface area contributed by atoms with E-state index in [0.717, 1.165) is 42.0 Å². The summed E-state index contributed by atoms with van der Waals surface area (Å²) in [6.07, 6.45) is 4.96. The van der Waals surface area contributed by atoms with Crippen LogP contribution in [-0.2, 0) is 20.7 Å². The number of rotatable bonds is 6. The molecule has 2 aliphatic heterocycles. The van der Waals surface area contributed by atoms with Crippen LogP contribution in [0.2, 0.25) is 0 Å². The van der Waals surface area contributed by atoms with Gasteiger partial charge in [-0.25, -0.2) is 0 Å². The molecular weight excluding hydrogens is 396 g/mol. The number of benzene rings is 2. The summed E-state index contributed by atoms with van der Waals surface area (Å²) in [5, 5.41) is 2.92. The maximum absolute atomic E-state index is 13.2. The van der Waals surface area contributed by atoms with Crippen LogP contribution in [-0.4, -0.2) is 37.6 Å². The van der Waals surface area contributed by atoms with Crippen LogP contribution in [0.25, 0.3) is 6.08 Å². The summed E-state index contributed by atoms with van der Waals surface area (Å²) in [5.74, 6) is -0.322. The van der Waals surface area contributed by atoms with Crippen LogP contribution in [0.3, 0.4) is 0 Å². The van der Waals surface area contributed by atoms with Gasteiger partial charge in [-0.2, -0.15) is 0 Å². The molecule has 2 aliphatic rings. The predicted octanol–water partition coefficient (Wildman–Crippen LogP) is 4.02. The number of nitrogens with one attached hydrogen (secondary N) is 1. The van der Waals surface area contributed by atoms with E-state index in [2.05, 4.69) is 24.4 Å². The Bertz CT molecular complexity index is 949. The zero-order chi connectivity index (χ0) is 20.9. The highest BCUT2D eigenvalue weighted by Gasteiger charge is 2.30. The average Bonchev–Trinajstić information content (AvgIpc) is 3.29. The van der Waals surface area contributed by atoms with Gasteiger partial charge >= 0.3 is 0 Å². The van der Waals surface area contributed by atoms with Crippen LogP contribution in [0, 0.1) is 0 Å². The van der Waals surface area contributed by atoms with Crippen molar-refractivity contribution in [3.8, 4) is 0 Å². The number of fused-ring (bicyclic) bond motifs is 1. The normalized spacial score (nSPS) is 19.8. The van der Waals surface area contributed by atoms with Gasteiger partial charge in [0.2, 0.25) is 5.91 Å². The molecule has 0 spiro atoms. The van der Waals surface area contributed by atoms with Crippen molar-refractivity contribution in [1.82, 2.24) is 5.32 Å². The van der Waals surface area contributed by atoms with Gasteiger partial charge in [-0.15, -0.1) is 0 Å². The fourth-order valence-corrected chi connectivity index (χ4v) is 4.71. The molecule has 6 heteroatoms. The molecule has 156 valence electrons. The maximum atomic E-state index is 13.2. The Morgan fingerprint density at radius 1 is 1.23 bits per heavy atom. The zero-order valence-electron chi connectivity index (χ0n) is 17.1. The Kier molecular flexibility index (Phi) is 6.55. The average molecular weight is 423 g/mol. The molecule has 30 heavy (non-hydrogen) atoms. The summed E-state index contributed by atoms with van der Waals surface area (Å²) in [7, 11) is 0. The molecule has 0 aromatic heterocycles. The van der Waals surface area contributed by atoms with Crippen molar-refractivity contribution in [2.75, 3.05) is 24.6 Å². The van der Waals surface area contributed by atoms with Gasteiger partial charge in [0.15, 0.2) is 0 Å². The lowest BCUT2D eigenvalue weighted by molar-refractivity contribution is -0.122. The smallest absolute Gasteiger partial charge is 0.265 e. The lowest BCUT2D eigenvalue weighted by Crippen LogP contribution is -2.44. The van der Waals surface area contributed by atoms with E-state index in [0.29, 0.717) is 11.4 Å². The summed E-state index contributed by atoms with van der Waals surface area (Å²) >= 11 is 1.45. The van der Waals surface area contributed by atoms with Crippen LogP contribution in [0.5, 0.6) is 0 Å². The molecule has 2 amide bonds. The van der Waals surface area contributed by atoms with Crippen molar-refractivity contribution < 1.29 is 14.3 Å². The number of thioether (sulfide) groups is 1. The van der Waals surface area contributed by atoms with Crippen LogP contribution < -0.4 is 10.2 Å². The lowest BCUT2D eigenvalue weighted by Gasteiger charge is -2.30. The van der Waals surface area contributed by atoms with Gasteiger partial charge in [0.1, 0.15) is 6.54 Å². The summed E-state index contributed by atoms with van der Waals surface area (Å²) in [4.78, 5) is 29.0. The van der Waals surface area contributed by atoms with Crippen LogP contribution in [0.15, 0.2) is 58.3 Å². The molecule has 1 fully saturated rings. The first-order valence-corrected chi connectivity index (χ1v) is 11.2. The second kappa shape index (κ2) is 9.49. The quantitative estimate of drug-likeness (QED) is 0.715. The lowest BCUT2D eigenvalue weighted by atomic mass is 10.1. The first kappa shape index (κ1) is 20.7. The molecule has 1 saturated heterocycles. The van der Waals surface area contributed by atoms with Gasteiger partial charge in [-0.3, -0.25) is 14.5 Å². The first-order valence-electron chi connectivity index (χ1n) is 10.4. The molecule has 0 radical (unpaired) electrons. The molecule has 2 heterocycles. The molecule has 1 N–H and O–H groups in total. The molecule has 5 nitrogen and oxygen atoms in total. The van der Waals surface area contributed by atoms with Crippen molar-refractivity contribution in [2.24, 2.45) is 0 Å². The largest absolute Gasteiger partial charge is 0.376 e. The Morgan fingerprint density at radius 2 is 2.03 bits per heavy atom. The molecule has 0 aliphatic carbocycles. The minimum absolute atomic E-state index is 0.00472. The Morgan fingerprint density at radius 3 is 2.77 bits per heavy atom. The van der Waals surface area contributed by atoms with E-state index in [1.54, 1.807) is 4.90 Å². The topological polar surface area (TPSA) is 58.6 Å². The second-order valence-electron chi connectivity index (χ2n) is 7.50.